The molecule has 23 heavy (non-hydrogen) atoms. The van der Waals surface area contributed by atoms with Gasteiger partial charge in [0.15, 0.2) is 0 Å². The van der Waals surface area contributed by atoms with E-state index in [4.69, 9.17) is 0 Å². The minimum absolute atomic E-state index is 0.0350. The maximum Gasteiger partial charge on any atom is 0.390 e. The molecule has 1 unspecified atom stereocenters. The third kappa shape index (κ3) is 2.55. The first-order valence-corrected chi connectivity index (χ1v) is 6.87. The summed E-state index contributed by atoms with van der Waals surface area (Å²) in [5.41, 5.74) is -1.99. The fourth-order valence-corrected chi connectivity index (χ4v) is 3.07. The van der Waals surface area contributed by atoms with Crippen molar-refractivity contribution < 1.29 is 18.1 Å². The fraction of sp³-hybridized carbons (Fsp3) is 0.429. The molecule has 9 heteroatoms. The molecule has 1 aromatic carbocycles. The van der Waals surface area contributed by atoms with Crippen LogP contribution in [0, 0.1) is 10.1 Å². The second-order valence-corrected chi connectivity index (χ2v) is 5.95. The van der Waals surface area contributed by atoms with E-state index in [1.165, 1.54) is 23.6 Å². The summed E-state index contributed by atoms with van der Waals surface area (Å²) in [6.45, 7) is 1.57. The highest BCUT2D eigenvalue weighted by Crippen LogP contribution is 2.41. The van der Waals surface area contributed by atoms with Crippen LogP contribution in [0.4, 0.5) is 18.9 Å². The molecule has 6 nitrogen and oxygen atoms in total. The summed E-state index contributed by atoms with van der Waals surface area (Å²) in [7, 11) is 0. The first-order valence-electron chi connectivity index (χ1n) is 6.87. The zero-order valence-electron chi connectivity index (χ0n) is 12.1. The van der Waals surface area contributed by atoms with E-state index in [1.54, 1.807) is 0 Å². The number of halogens is 3. The van der Waals surface area contributed by atoms with E-state index >= 15 is 0 Å². The van der Waals surface area contributed by atoms with E-state index < -0.39 is 28.5 Å². The lowest BCUT2D eigenvalue weighted by atomic mass is 9.84. The van der Waals surface area contributed by atoms with Crippen LogP contribution in [0.1, 0.15) is 25.6 Å². The van der Waals surface area contributed by atoms with E-state index in [0.29, 0.717) is 0 Å². The van der Waals surface area contributed by atoms with E-state index in [-0.39, 0.29) is 35.4 Å². The van der Waals surface area contributed by atoms with Crippen LogP contribution in [0.5, 0.6) is 0 Å². The van der Waals surface area contributed by atoms with Gasteiger partial charge in [-0.05, 0) is 12.5 Å². The predicted octanol–water partition coefficient (Wildman–Crippen LogP) is 2.92. The Labute approximate surface area is 127 Å². The summed E-state index contributed by atoms with van der Waals surface area (Å²) in [5.74, 6) is 0.0350. The van der Waals surface area contributed by atoms with Crippen molar-refractivity contribution in [3.63, 3.8) is 0 Å². The molecule has 1 aromatic heterocycles. The third-order valence-corrected chi connectivity index (χ3v) is 4.17. The van der Waals surface area contributed by atoms with Gasteiger partial charge in [-0.2, -0.15) is 13.2 Å². The predicted molar refractivity (Wildman–Crippen MR) is 75.3 cm³/mol. The second kappa shape index (κ2) is 4.77. The van der Waals surface area contributed by atoms with Crippen LogP contribution in [-0.4, -0.2) is 20.7 Å². The van der Waals surface area contributed by atoms with Gasteiger partial charge in [0.1, 0.15) is 5.82 Å². The molecule has 0 radical (unpaired) electrons. The molecular formula is C14H12F3N3O3. The van der Waals surface area contributed by atoms with Gasteiger partial charge >= 0.3 is 6.18 Å². The van der Waals surface area contributed by atoms with Crippen LogP contribution in [0.3, 0.4) is 0 Å². The molecule has 1 aliphatic rings. The van der Waals surface area contributed by atoms with E-state index in [2.05, 4.69) is 4.98 Å². The molecular weight excluding hydrogens is 315 g/mol. The molecule has 0 saturated carbocycles. The number of benzene rings is 1. The van der Waals surface area contributed by atoms with Crippen molar-refractivity contribution >= 4 is 16.6 Å². The van der Waals surface area contributed by atoms with Crippen molar-refractivity contribution in [3.8, 4) is 0 Å². The lowest BCUT2D eigenvalue weighted by molar-refractivity contribution is -0.384. The van der Waals surface area contributed by atoms with Crippen molar-refractivity contribution in [1.29, 1.82) is 0 Å². The summed E-state index contributed by atoms with van der Waals surface area (Å²) in [4.78, 5) is 26.8. The number of rotatable bonds is 2. The van der Waals surface area contributed by atoms with Crippen LogP contribution in [0.25, 0.3) is 10.9 Å². The first kappa shape index (κ1) is 15.4. The van der Waals surface area contributed by atoms with Crippen LogP contribution in [0.15, 0.2) is 23.0 Å². The lowest BCUT2D eigenvalue weighted by Crippen LogP contribution is -2.30. The van der Waals surface area contributed by atoms with Crippen molar-refractivity contribution in [3.05, 3.63) is 44.5 Å². The number of hydrogen-bond acceptors (Lipinski definition) is 4. The van der Waals surface area contributed by atoms with Gasteiger partial charge in [-0.3, -0.25) is 19.5 Å². The lowest BCUT2D eigenvalue weighted by Gasteiger charge is -2.24. The van der Waals surface area contributed by atoms with Gasteiger partial charge in [0, 0.05) is 24.1 Å². The van der Waals surface area contributed by atoms with Gasteiger partial charge in [-0.1, -0.05) is 6.92 Å². The maximum absolute atomic E-state index is 12.8. The zero-order chi connectivity index (χ0) is 17.0. The summed E-state index contributed by atoms with van der Waals surface area (Å²) in [6.07, 6.45) is -5.33. The van der Waals surface area contributed by atoms with Crippen LogP contribution in [-0.2, 0) is 12.0 Å². The van der Waals surface area contributed by atoms with E-state index in [0.717, 1.165) is 6.07 Å². The Morgan fingerprint density at radius 3 is 2.74 bits per heavy atom. The fourth-order valence-electron chi connectivity index (χ4n) is 3.07. The Bertz CT molecular complexity index is 875. The Morgan fingerprint density at radius 1 is 1.43 bits per heavy atom. The molecule has 0 amide bonds. The molecule has 2 aromatic rings. The summed E-state index contributed by atoms with van der Waals surface area (Å²) in [6, 6.07) is 3.58. The second-order valence-electron chi connectivity index (χ2n) is 5.95. The number of nitro groups is 1. The number of alkyl halides is 3. The summed E-state index contributed by atoms with van der Waals surface area (Å²) >= 11 is 0. The largest absolute Gasteiger partial charge is 0.390 e. The molecule has 0 saturated heterocycles. The molecule has 0 spiro atoms. The monoisotopic (exact) mass is 327 g/mol. The molecule has 3 rings (SSSR count). The molecule has 1 aliphatic heterocycles. The molecule has 0 N–H and O–H groups in total. The third-order valence-electron chi connectivity index (χ3n) is 4.17. The minimum atomic E-state index is -4.39. The standard InChI is InChI=1S/C14H12F3N3O3/c1-13(7-14(15,16)17)4-5-19-11(21)9-3-2-8(20(22)23)6-10(9)18-12(13)19/h2-3,6H,4-5,7H2,1H3. The molecule has 0 aliphatic carbocycles. The van der Waals surface area contributed by atoms with Gasteiger partial charge in [0.2, 0.25) is 0 Å². The zero-order valence-corrected chi connectivity index (χ0v) is 12.1. The van der Waals surface area contributed by atoms with Gasteiger partial charge in [-0.15, -0.1) is 0 Å². The molecule has 0 fully saturated rings. The Morgan fingerprint density at radius 2 is 2.13 bits per heavy atom. The van der Waals surface area contributed by atoms with Crippen LogP contribution >= 0.6 is 0 Å². The maximum atomic E-state index is 12.8. The number of nitro benzene ring substituents is 1. The van der Waals surface area contributed by atoms with Gasteiger partial charge in [0.25, 0.3) is 11.2 Å². The molecule has 122 valence electrons. The van der Waals surface area contributed by atoms with Gasteiger partial charge < -0.3 is 0 Å². The Balaban J connectivity index is 2.23. The average Bonchev–Trinajstić information content (AvgIpc) is 2.74. The van der Waals surface area contributed by atoms with Crippen LogP contribution in [0.2, 0.25) is 0 Å². The number of non-ortho nitro benzene ring substituents is 1. The van der Waals surface area contributed by atoms with Gasteiger partial charge in [-0.25, -0.2) is 4.98 Å². The smallest absolute Gasteiger partial charge is 0.296 e. The first-order chi connectivity index (χ1) is 10.6. The highest BCUT2D eigenvalue weighted by atomic mass is 19.4. The van der Waals surface area contributed by atoms with Crippen LogP contribution < -0.4 is 5.56 Å². The average molecular weight is 327 g/mol. The SMILES string of the molecule is CC1(CC(F)(F)F)CCn2c1nc1cc([N+](=O)[O-])ccc1c2=O. The highest BCUT2D eigenvalue weighted by Gasteiger charge is 2.46. The van der Waals surface area contributed by atoms with Crippen molar-refractivity contribution in [1.82, 2.24) is 9.55 Å². The molecule has 0 bridgehead atoms. The van der Waals surface area contributed by atoms with Gasteiger partial charge in [0.05, 0.1) is 22.2 Å². The number of nitrogens with zero attached hydrogens (tertiary/aromatic N) is 3. The highest BCUT2D eigenvalue weighted by molar-refractivity contribution is 5.80. The van der Waals surface area contributed by atoms with E-state index in [9.17, 15) is 28.1 Å². The van der Waals surface area contributed by atoms with Crippen molar-refractivity contribution in [2.45, 2.75) is 37.9 Å². The van der Waals surface area contributed by atoms with Crippen molar-refractivity contribution in [2.75, 3.05) is 0 Å². The Hall–Kier alpha value is -2.45. The summed E-state index contributed by atoms with van der Waals surface area (Å²) < 4.78 is 39.7. The van der Waals surface area contributed by atoms with Crippen molar-refractivity contribution in [2.24, 2.45) is 0 Å². The minimum Gasteiger partial charge on any atom is -0.296 e. The number of aromatic nitrogens is 2. The van der Waals surface area contributed by atoms with E-state index in [1.807, 2.05) is 0 Å². The number of hydrogen-bond donors (Lipinski definition) is 0. The quantitative estimate of drug-likeness (QED) is 0.627. The molecule has 2 heterocycles. The Kier molecular flexibility index (Phi) is 3.20. The molecule has 1 atom stereocenters. The number of fused-ring (bicyclic) bond motifs is 2. The topological polar surface area (TPSA) is 78.0 Å². The normalized spacial score (nSPS) is 20.7. The summed E-state index contributed by atoms with van der Waals surface area (Å²) in [5, 5.41) is 11.0.